The maximum Gasteiger partial charge on any atom is 0.330 e. The van der Waals surface area contributed by atoms with E-state index < -0.39 is 5.69 Å². The second-order valence-electron chi connectivity index (χ2n) is 4.77. The van der Waals surface area contributed by atoms with Gasteiger partial charge in [0.15, 0.2) is 0 Å². The van der Waals surface area contributed by atoms with Gasteiger partial charge in [-0.25, -0.2) is 4.79 Å². The van der Waals surface area contributed by atoms with E-state index in [9.17, 15) is 14.4 Å². The molecule has 116 valence electrons. The summed E-state index contributed by atoms with van der Waals surface area (Å²) in [5.74, 6) is 0.362. The van der Waals surface area contributed by atoms with E-state index in [1.54, 1.807) is 38.4 Å². The highest BCUT2D eigenvalue weighted by molar-refractivity contribution is 5.94. The topological polar surface area (TPSA) is 82.3 Å². The van der Waals surface area contributed by atoms with E-state index in [1.807, 2.05) is 0 Å². The summed E-state index contributed by atoms with van der Waals surface area (Å²) in [5, 5.41) is 2.53. The Balaban J connectivity index is 2.16. The third-order valence-electron chi connectivity index (χ3n) is 3.36. The van der Waals surface area contributed by atoms with Crippen LogP contribution in [-0.2, 0) is 20.7 Å². The molecule has 2 rings (SSSR count). The predicted molar refractivity (Wildman–Crippen MR) is 81.1 cm³/mol. The molecule has 0 aliphatic carbocycles. The van der Waals surface area contributed by atoms with Crippen molar-refractivity contribution in [2.75, 3.05) is 7.05 Å². The van der Waals surface area contributed by atoms with Crippen LogP contribution in [0.2, 0.25) is 0 Å². The van der Waals surface area contributed by atoms with Crippen molar-refractivity contribution in [1.29, 1.82) is 0 Å². The van der Waals surface area contributed by atoms with E-state index in [-0.39, 0.29) is 18.1 Å². The van der Waals surface area contributed by atoms with Gasteiger partial charge in [-0.3, -0.25) is 18.7 Å². The van der Waals surface area contributed by atoms with Crippen molar-refractivity contribution in [2.45, 2.75) is 6.61 Å². The zero-order valence-electron chi connectivity index (χ0n) is 12.6. The largest absolute Gasteiger partial charge is 0.487 e. The summed E-state index contributed by atoms with van der Waals surface area (Å²) in [6, 6.07) is 7.95. The number of aromatic nitrogens is 2. The molecule has 1 aromatic carbocycles. The van der Waals surface area contributed by atoms with Crippen molar-refractivity contribution in [2.24, 2.45) is 14.1 Å². The lowest BCUT2D eigenvalue weighted by molar-refractivity contribution is 0.0963. The molecule has 1 heterocycles. The van der Waals surface area contributed by atoms with Gasteiger partial charge in [0.2, 0.25) is 0 Å². The highest BCUT2D eigenvalue weighted by Gasteiger charge is 2.07. The molecule has 0 aliphatic rings. The molecule has 0 radical (unpaired) electrons. The van der Waals surface area contributed by atoms with Crippen LogP contribution >= 0.6 is 0 Å². The van der Waals surface area contributed by atoms with Crippen LogP contribution in [0.1, 0.15) is 16.1 Å². The number of rotatable bonds is 4. The van der Waals surface area contributed by atoms with Crippen molar-refractivity contribution in [1.82, 2.24) is 14.5 Å². The molecule has 0 aliphatic heterocycles. The Bertz CT molecular complexity index is 803. The predicted octanol–water partition coefficient (Wildman–Crippen LogP) is 0.0226. The van der Waals surface area contributed by atoms with Crippen LogP contribution in [-0.4, -0.2) is 22.1 Å². The third kappa shape index (κ3) is 3.08. The lowest BCUT2D eigenvalue weighted by Crippen LogP contribution is -2.38. The van der Waals surface area contributed by atoms with Gasteiger partial charge >= 0.3 is 5.69 Å². The van der Waals surface area contributed by atoms with Crippen LogP contribution in [0.15, 0.2) is 39.9 Å². The molecule has 0 fully saturated rings. The minimum Gasteiger partial charge on any atom is -0.487 e. The minimum atomic E-state index is -0.402. The summed E-state index contributed by atoms with van der Waals surface area (Å²) in [6.45, 7) is 0.0845. The van der Waals surface area contributed by atoms with E-state index in [2.05, 4.69) is 5.32 Å². The summed E-state index contributed by atoms with van der Waals surface area (Å²) in [6.07, 6.45) is 0. The van der Waals surface area contributed by atoms with Gasteiger partial charge < -0.3 is 10.1 Å². The molecular weight excluding hydrogens is 286 g/mol. The number of carbonyl (C=O) groups is 1. The van der Waals surface area contributed by atoms with Crippen molar-refractivity contribution < 1.29 is 9.53 Å². The Labute approximate surface area is 126 Å². The maximum atomic E-state index is 11.8. The SMILES string of the molecule is CNC(=O)c1ccc(OCc2cc(=O)n(C)c(=O)n2C)cc1. The molecule has 1 N–H and O–H groups in total. The van der Waals surface area contributed by atoms with Crippen molar-refractivity contribution >= 4 is 5.91 Å². The number of hydrogen-bond acceptors (Lipinski definition) is 4. The zero-order chi connectivity index (χ0) is 16.3. The van der Waals surface area contributed by atoms with Crippen molar-refractivity contribution in [3.05, 3.63) is 62.4 Å². The molecule has 22 heavy (non-hydrogen) atoms. The van der Waals surface area contributed by atoms with Crippen LogP contribution in [0.4, 0.5) is 0 Å². The first-order valence-electron chi connectivity index (χ1n) is 6.65. The molecule has 0 saturated heterocycles. The molecule has 7 heteroatoms. The van der Waals surface area contributed by atoms with Gasteiger partial charge in [-0.1, -0.05) is 0 Å². The number of amides is 1. The lowest BCUT2D eigenvalue weighted by Gasteiger charge is -2.11. The van der Waals surface area contributed by atoms with Gasteiger partial charge in [0.05, 0.1) is 5.69 Å². The molecule has 0 bridgehead atoms. The second-order valence-corrected chi connectivity index (χ2v) is 4.77. The summed E-state index contributed by atoms with van der Waals surface area (Å²) >= 11 is 0. The van der Waals surface area contributed by atoms with Gasteiger partial charge in [0.1, 0.15) is 12.4 Å². The highest BCUT2D eigenvalue weighted by atomic mass is 16.5. The maximum absolute atomic E-state index is 11.8. The van der Waals surface area contributed by atoms with E-state index in [1.165, 1.54) is 17.7 Å². The first-order chi connectivity index (χ1) is 10.4. The Hall–Kier alpha value is -2.83. The van der Waals surface area contributed by atoms with E-state index in [4.69, 9.17) is 4.74 Å². The number of nitrogens with zero attached hydrogens (tertiary/aromatic N) is 2. The fourth-order valence-corrected chi connectivity index (χ4v) is 1.92. The summed E-state index contributed by atoms with van der Waals surface area (Å²) in [4.78, 5) is 34.9. The molecule has 0 spiro atoms. The number of nitrogens with one attached hydrogen (secondary N) is 1. The van der Waals surface area contributed by atoms with Crippen LogP contribution in [0.25, 0.3) is 0 Å². The molecule has 0 saturated carbocycles. The highest BCUT2D eigenvalue weighted by Crippen LogP contribution is 2.13. The Kier molecular flexibility index (Phi) is 4.45. The number of ether oxygens (including phenoxy) is 1. The standard InChI is InChI=1S/C15H17N3O4/c1-16-14(20)10-4-6-12(7-5-10)22-9-11-8-13(19)18(3)15(21)17(11)2/h4-8H,9H2,1-3H3,(H,16,20). The second kappa shape index (κ2) is 6.30. The first-order valence-corrected chi connectivity index (χ1v) is 6.65. The first kappa shape index (κ1) is 15.6. The quantitative estimate of drug-likeness (QED) is 0.863. The number of benzene rings is 1. The normalized spacial score (nSPS) is 10.3. The minimum absolute atomic E-state index is 0.0845. The van der Waals surface area contributed by atoms with Gasteiger partial charge in [-0.2, -0.15) is 0 Å². The summed E-state index contributed by atoms with van der Waals surface area (Å²) in [7, 11) is 4.56. The Morgan fingerprint density at radius 3 is 2.36 bits per heavy atom. The van der Waals surface area contributed by atoms with E-state index in [0.717, 1.165) is 4.57 Å². The fourth-order valence-electron chi connectivity index (χ4n) is 1.92. The molecule has 0 atom stereocenters. The van der Waals surface area contributed by atoms with Gasteiger partial charge in [-0.15, -0.1) is 0 Å². The lowest BCUT2D eigenvalue weighted by atomic mass is 10.2. The zero-order valence-corrected chi connectivity index (χ0v) is 12.6. The smallest absolute Gasteiger partial charge is 0.330 e. The summed E-state index contributed by atoms with van der Waals surface area (Å²) in [5.41, 5.74) is 0.219. The molecule has 7 nitrogen and oxygen atoms in total. The van der Waals surface area contributed by atoms with Crippen molar-refractivity contribution in [3.8, 4) is 5.75 Å². The van der Waals surface area contributed by atoms with E-state index >= 15 is 0 Å². The Morgan fingerprint density at radius 1 is 1.14 bits per heavy atom. The molecular formula is C15H17N3O4. The molecule has 2 aromatic rings. The average Bonchev–Trinajstić information content (AvgIpc) is 2.54. The van der Waals surface area contributed by atoms with Crippen LogP contribution in [0.3, 0.4) is 0 Å². The molecule has 0 unspecified atom stereocenters. The fraction of sp³-hybridized carbons (Fsp3) is 0.267. The molecule has 1 amide bonds. The van der Waals surface area contributed by atoms with Gasteiger partial charge in [0.25, 0.3) is 11.5 Å². The number of hydrogen-bond donors (Lipinski definition) is 1. The summed E-state index contributed by atoms with van der Waals surface area (Å²) < 4.78 is 7.94. The number of carbonyl (C=O) groups excluding carboxylic acids is 1. The van der Waals surface area contributed by atoms with Gasteiger partial charge in [0, 0.05) is 32.8 Å². The monoisotopic (exact) mass is 303 g/mol. The average molecular weight is 303 g/mol. The van der Waals surface area contributed by atoms with E-state index in [0.29, 0.717) is 17.0 Å². The van der Waals surface area contributed by atoms with Crippen LogP contribution < -0.4 is 21.3 Å². The van der Waals surface area contributed by atoms with Crippen LogP contribution in [0.5, 0.6) is 5.75 Å². The third-order valence-corrected chi connectivity index (χ3v) is 3.36. The Morgan fingerprint density at radius 2 is 1.77 bits per heavy atom. The van der Waals surface area contributed by atoms with Crippen LogP contribution in [0, 0.1) is 0 Å². The van der Waals surface area contributed by atoms with Gasteiger partial charge in [-0.05, 0) is 24.3 Å². The molecule has 1 aromatic heterocycles. The van der Waals surface area contributed by atoms with Crippen molar-refractivity contribution in [3.63, 3.8) is 0 Å².